The Labute approximate surface area is 133 Å². The number of pyridine rings is 1. The fourth-order valence-electron chi connectivity index (χ4n) is 2.65. The van der Waals surface area contributed by atoms with Crippen LogP contribution in [0.15, 0.2) is 10.6 Å². The largest absolute Gasteiger partial charge is 0.481 e. The van der Waals surface area contributed by atoms with Gasteiger partial charge in [-0.1, -0.05) is 5.16 Å². The first kappa shape index (κ1) is 15.5. The minimum atomic E-state index is -0.858. The second-order valence-electron chi connectivity index (χ2n) is 6.04. The summed E-state index contributed by atoms with van der Waals surface area (Å²) in [5, 5.41) is 13.3. The highest BCUT2D eigenvalue weighted by molar-refractivity contribution is 6.06. The molecule has 7 heteroatoms. The Morgan fingerprint density at radius 3 is 2.83 bits per heavy atom. The number of carboxylic acids is 1. The summed E-state index contributed by atoms with van der Waals surface area (Å²) in [6.07, 6.45) is 2.62. The molecule has 1 aliphatic carbocycles. The van der Waals surface area contributed by atoms with Gasteiger partial charge in [-0.25, -0.2) is 4.98 Å². The molecule has 1 N–H and O–H groups in total. The lowest BCUT2D eigenvalue weighted by atomic mass is 10.1. The van der Waals surface area contributed by atoms with Crippen molar-refractivity contribution in [2.24, 2.45) is 0 Å². The molecule has 0 spiro atoms. The molecule has 1 fully saturated rings. The van der Waals surface area contributed by atoms with Gasteiger partial charge in [0, 0.05) is 31.6 Å². The molecule has 0 atom stereocenters. The predicted octanol–water partition coefficient (Wildman–Crippen LogP) is 2.35. The molecule has 0 radical (unpaired) electrons. The van der Waals surface area contributed by atoms with Gasteiger partial charge < -0.3 is 14.5 Å². The lowest BCUT2D eigenvalue weighted by molar-refractivity contribution is -0.137. The van der Waals surface area contributed by atoms with E-state index in [-0.39, 0.29) is 12.3 Å². The average molecular weight is 317 g/mol. The Hall–Kier alpha value is -2.44. The number of aliphatic carboxylic acids is 1. The second-order valence-corrected chi connectivity index (χ2v) is 6.04. The average Bonchev–Trinajstić information content (AvgIpc) is 3.29. The monoisotopic (exact) mass is 317 g/mol. The number of nitrogens with zero attached hydrogens (tertiary/aromatic N) is 3. The number of aryl methyl sites for hydroxylation is 1. The first-order chi connectivity index (χ1) is 11.0. The third-order valence-electron chi connectivity index (χ3n) is 4.09. The van der Waals surface area contributed by atoms with E-state index in [1.807, 2.05) is 6.07 Å². The van der Waals surface area contributed by atoms with Gasteiger partial charge in [-0.3, -0.25) is 9.59 Å². The predicted molar refractivity (Wildman–Crippen MR) is 82.3 cm³/mol. The van der Waals surface area contributed by atoms with Gasteiger partial charge in [0.05, 0.1) is 16.6 Å². The van der Waals surface area contributed by atoms with E-state index in [9.17, 15) is 9.59 Å². The van der Waals surface area contributed by atoms with Crippen molar-refractivity contribution in [1.82, 2.24) is 15.0 Å². The minimum Gasteiger partial charge on any atom is -0.481 e. The number of carbonyl (C=O) groups is 2. The van der Waals surface area contributed by atoms with Gasteiger partial charge in [0.15, 0.2) is 0 Å². The Kier molecular flexibility index (Phi) is 4.02. The summed E-state index contributed by atoms with van der Waals surface area (Å²) in [5.74, 6) is -0.618. The van der Waals surface area contributed by atoms with E-state index in [2.05, 4.69) is 10.1 Å². The fraction of sp³-hybridized carbons (Fsp3) is 0.500. The molecule has 1 saturated carbocycles. The number of aromatic nitrogens is 2. The van der Waals surface area contributed by atoms with Crippen molar-refractivity contribution < 1.29 is 19.2 Å². The van der Waals surface area contributed by atoms with Gasteiger partial charge in [-0.15, -0.1) is 0 Å². The van der Waals surface area contributed by atoms with E-state index in [0.29, 0.717) is 41.2 Å². The molecule has 122 valence electrons. The number of rotatable bonds is 6. The highest BCUT2D eigenvalue weighted by Gasteiger charge is 2.29. The maximum Gasteiger partial charge on any atom is 0.303 e. The van der Waals surface area contributed by atoms with E-state index in [0.717, 1.165) is 18.5 Å². The van der Waals surface area contributed by atoms with Gasteiger partial charge >= 0.3 is 5.97 Å². The summed E-state index contributed by atoms with van der Waals surface area (Å²) >= 11 is 0. The number of hydrogen-bond donors (Lipinski definition) is 1. The first-order valence-corrected chi connectivity index (χ1v) is 7.71. The Balaban J connectivity index is 1.89. The van der Waals surface area contributed by atoms with Gasteiger partial charge in [0.2, 0.25) is 0 Å². The number of hydrogen-bond acceptors (Lipinski definition) is 5. The van der Waals surface area contributed by atoms with E-state index in [4.69, 9.17) is 9.63 Å². The molecule has 1 aliphatic rings. The van der Waals surface area contributed by atoms with Crippen LogP contribution in [-0.2, 0) is 4.79 Å². The molecule has 2 heterocycles. The molecule has 2 aromatic heterocycles. The highest BCUT2D eigenvalue weighted by atomic mass is 16.5. The maximum atomic E-state index is 12.8. The fourth-order valence-corrected chi connectivity index (χ4v) is 2.65. The summed E-state index contributed by atoms with van der Waals surface area (Å²) in [6.45, 7) is 2.17. The molecule has 23 heavy (non-hydrogen) atoms. The molecular weight excluding hydrogens is 298 g/mol. The molecular formula is C16H19N3O4. The Morgan fingerprint density at radius 1 is 1.43 bits per heavy atom. The molecule has 1 amide bonds. The summed E-state index contributed by atoms with van der Waals surface area (Å²) in [6, 6.07) is 1.83. The number of carbonyl (C=O) groups excluding carboxylic acids is 1. The standard InChI is InChI=1S/C16H19N3O4/c1-9-14-11(16(22)19(2)7-3-4-13(20)21)8-12(10-5-6-10)17-15(14)23-18-9/h8,10H,3-7H2,1-2H3,(H,20,21). The van der Waals surface area contributed by atoms with Crippen LogP contribution in [-0.4, -0.2) is 45.6 Å². The lowest BCUT2D eigenvalue weighted by Gasteiger charge is -2.17. The van der Waals surface area contributed by atoms with Crippen LogP contribution < -0.4 is 0 Å². The molecule has 3 rings (SSSR count). The van der Waals surface area contributed by atoms with Crippen LogP contribution in [0.25, 0.3) is 11.1 Å². The number of carboxylic acid groups (broad SMARTS) is 1. The SMILES string of the molecule is Cc1noc2nc(C3CC3)cc(C(=O)N(C)CCCC(=O)O)c12. The molecule has 2 aromatic rings. The van der Waals surface area contributed by atoms with Gasteiger partial charge in [-0.05, 0) is 32.3 Å². The van der Waals surface area contributed by atoms with Crippen LogP contribution in [0.1, 0.15) is 53.3 Å². The van der Waals surface area contributed by atoms with Crippen molar-refractivity contribution in [2.75, 3.05) is 13.6 Å². The van der Waals surface area contributed by atoms with E-state index in [1.165, 1.54) is 0 Å². The summed E-state index contributed by atoms with van der Waals surface area (Å²) < 4.78 is 5.24. The minimum absolute atomic E-state index is 0.0446. The third kappa shape index (κ3) is 3.18. The van der Waals surface area contributed by atoms with Crippen molar-refractivity contribution in [3.8, 4) is 0 Å². The van der Waals surface area contributed by atoms with Crippen molar-refractivity contribution in [2.45, 2.75) is 38.5 Å². The lowest BCUT2D eigenvalue weighted by Crippen LogP contribution is -2.28. The molecule has 0 unspecified atom stereocenters. The normalized spacial score (nSPS) is 14.2. The summed E-state index contributed by atoms with van der Waals surface area (Å²) in [5.41, 5.74) is 2.44. The Bertz CT molecular complexity index is 764. The van der Waals surface area contributed by atoms with E-state index >= 15 is 0 Å². The van der Waals surface area contributed by atoms with Gasteiger partial charge in [0.25, 0.3) is 11.6 Å². The first-order valence-electron chi connectivity index (χ1n) is 7.71. The van der Waals surface area contributed by atoms with Crippen molar-refractivity contribution in [3.63, 3.8) is 0 Å². The zero-order chi connectivity index (χ0) is 16.6. The zero-order valence-corrected chi connectivity index (χ0v) is 13.2. The van der Waals surface area contributed by atoms with E-state index in [1.54, 1.807) is 18.9 Å². The molecule has 0 aromatic carbocycles. The van der Waals surface area contributed by atoms with Gasteiger partial charge in [-0.2, -0.15) is 0 Å². The van der Waals surface area contributed by atoms with Crippen LogP contribution >= 0.6 is 0 Å². The van der Waals surface area contributed by atoms with Crippen molar-refractivity contribution >= 4 is 23.0 Å². The van der Waals surface area contributed by atoms with Crippen LogP contribution in [0, 0.1) is 6.92 Å². The van der Waals surface area contributed by atoms with Crippen LogP contribution in [0.4, 0.5) is 0 Å². The number of amides is 1. The smallest absolute Gasteiger partial charge is 0.303 e. The maximum absolute atomic E-state index is 12.8. The molecule has 0 saturated heterocycles. The van der Waals surface area contributed by atoms with Crippen molar-refractivity contribution in [1.29, 1.82) is 0 Å². The molecule has 0 bridgehead atoms. The van der Waals surface area contributed by atoms with Crippen LogP contribution in [0.5, 0.6) is 0 Å². The molecule has 0 aliphatic heterocycles. The summed E-state index contributed by atoms with van der Waals surface area (Å²) in [4.78, 5) is 29.4. The Morgan fingerprint density at radius 2 is 2.17 bits per heavy atom. The van der Waals surface area contributed by atoms with E-state index < -0.39 is 5.97 Å². The van der Waals surface area contributed by atoms with Crippen molar-refractivity contribution in [3.05, 3.63) is 23.0 Å². The highest BCUT2D eigenvalue weighted by Crippen LogP contribution is 2.40. The quantitative estimate of drug-likeness (QED) is 0.878. The van der Waals surface area contributed by atoms with Crippen LogP contribution in [0.3, 0.4) is 0 Å². The topological polar surface area (TPSA) is 96.5 Å². The third-order valence-corrected chi connectivity index (χ3v) is 4.09. The second kappa shape index (κ2) is 5.98. The zero-order valence-electron chi connectivity index (χ0n) is 13.2. The number of fused-ring (bicyclic) bond motifs is 1. The summed E-state index contributed by atoms with van der Waals surface area (Å²) in [7, 11) is 1.68. The van der Waals surface area contributed by atoms with Crippen LogP contribution in [0.2, 0.25) is 0 Å². The van der Waals surface area contributed by atoms with Gasteiger partial charge in [0.1, 0.15) is 0 Å². The molecule has 7 nitrogen and oxygen atoms in total.